The van der Waals surface area contributed by atoms with Crippen LogP contribution >= 0.6 is 0 Å². The Hall–Kier alpha value is -3.47. The van der Waals surface area contributed by atoms with Crippen molar-refractivity contribution in [3.05, 3.63) is 48.0 Å². The molecule has 2 aromatic rings. The van der Waals surface area contributed by atoms with Crippen molar-refractivity contribution >= 4 is 27.5 Å². The number of benzene rings is 2. The molecule has 1 heterocycles. The molecule has 1 aliphatic carbocycles. The summed E-state index contributed by atoms with van der Waals surface area (Å²) in [6.45, 7) is 3.10. The first kappa shape index (κ1) is 28.5. The number of carbonyl (C=O) groups excluding carboxylic acids is 2. The Morgan fingerprint density at radius 2 is 1.74 bits per heavy atom. The second kappa shape index (κ2) is 12.6. The van der Waals surface area contributed by atoms with Gasteiger partial charge in [-0.05, 0) is 56.0 Å². The van der Waals surface area contributed by atoms with Gasteiger partial charge in [0.05, 0.1) is 18.6 Å². The van der Waals surface area contributed by atoms with Crippen LogP contribution in [0, 0.1) is 0 Å². The SMILES string of the molecule is CC[C@@H](C(=O)NC1CCCC1)N(Cc1ccc(OC)cc1)C(=O)CN(c1ccc2c(c1)OCO2)S(=O)(=O)CC. The molecule has 212 valence electrons. The van der Waals surface area contributed by atoms with Crippen LogP contribution in [0.3, 0.4) is 0 Å². The van der Waals surface area contributed by atoms with Gasteiger partial charge in [-0.1, -0.05) is 31.9 Å². The van der Waals surface area contributed by atoms with E-state index >= 15 is 0 Å². The molecule has 0 bridgehead atoms. The number of nitrogens with zero attached hydrogens (tertiary/aromatic N) is 2. The van der Waals surface area contributed by atoms with Crippen LogP contribution < -0.4 is 23.8 Å². The Kier molecular flexibility index (Phi) is 9.21. The molecule has 0 spiro atoms. The second-order valence-corrected chi connectivity index (χ2v) is 11.9. The van der Waals surface area contributed by atoms with E-state index in [9.17, 15) is 18.0 Å². The molecule has 11 heteroatoms. The number of ether oxygens (including phenoxy) is 3. The number of anilines is 1. The first-order chi connectivity index (χ1) is 18.7. The number of fused-ring (bicyclic) bond motifs is 1. The highest BCUT2D eigenvalue weighted by atomic mass is 32.2. The van der Waals surface area contributed by atoms with E-state index in [1.807, 2.05) is 19.1 Å². The molecule has 1 fully saturated rings. The van der Waals surface area contributed by atoms with Crippen molar-refractivity contribution in [1.82, 2.24) is 10.2 Å². The zero-order valence-corrected chi connectivity index (χ0v) is 23.5. The maximum atomic E-state index is 14.0. The van der Waals surface area contributed by atoms with E-state index in [0.29, 0.717) is 29.4 Å². The molecule has 1 atom stereocenters. The molecule has 39 heavy (non-hydrogen) atoms. The van der Waals surface area contributed by atoms with Crippen LogP contribution in [0.25, 0.3) is 0 Å². The van der Waals surface area contributed by atoms with Crippen LogP contribution in [0.2, 0.25) is 0 Å². The van der Waals surface area contributed by atoms with Crippen molar-refractivity contribution in [1.29, 1.82) is 0 Å². The number of hydrogen-bond acceptors (Lipinski definition) is 7. The zero-order valence-electron chi connectivity index (χ0n) is 22.7. The number of amides is 2. The van der Waals surface area contributed by atoms with Crippen LogP contribution in [0.5, 0.6) is 17.2 Å². The quantitative estimate of drug-likeness (QED) is 0.424. The highest BCUT2D eigenvalue weighted by Gasteiger charge is 2.34. The average molecular weight is 560 g/mol. The summed E-state index contributed by atoms with van der Waals surface area (Å²) in [6.07, 6.45) is 4.35. The zero-order chi connectivity index (χ0) is 28.0. The fourth-order valence-corrected chi connectivity index (χ4v) is 6.03. The Morgan fingerprint density at radius 3 is 2.38 bits per heavy atom. The maximum absolute atomic E-state index is 14.0. The Morgan fingerprint density at radius 1 is 1.05 bits per heavy atom. The molecular weight excluding hydrogens is 522 g/mol. The predicted octanol–water partition coefficient (Wildman–Crippen LogP) is 3.45. The fourth-order valence-electron chi connectivity index (χ4n) is 4.97. The molecule has 0 saturated heterocycles. The van der Waals surface area contributed by atoms with E-state index in [4.69, 9.17) is 14.2 Å². The molecular formula is C28H37N3O7S. The monoisotopic (exact) mass is 559 g/mol. The highest BCUT2D eigenvalue weighted by molar-refractivity contribution is 7.92. The van der Waals surface area contributed by atoms with E-state index in [-0.39, 0.29) is 31.0 Å². The number of sulfonamides is 1. The third-order valence-electron chi connectivity index (χ3n) is 7.22. The second-order valence-electron chi connectivity index (χ2n) is 9.73. The Labute approximate surface area is 230 Å². The minimum absolute atomic E-state index is 0.0438. The summed E-state index contributed by atoms with van der Waals surface area (Å²) in [5.74, 6) is 0.689. The predicted molar refractivity (Wildman–Crippen MR) is 147 cm³/mol. The summed E-state index contributed by atoms with van der Waals surface area (Å²) in [7, 11) is -2.27. The van der Waals surface area contributed by atoms with Gasteiger partial charge in [-0.15, -0.1) is 0 Å². The summed E-state index contributed by atoms with van der Waals surface area (Å²) < 4.78 is 43.5. The van der Waals surface area contributed by atoms with E-state index in [2.05, 4.69) is 5.32 Å². The third kappa shape index (κ3) is 6.76. The number of methoxy groups -OCH3 is 1. The summed E-state index contributed by atoms with van der Waals surface area (Å²) in [5.41, 5.74) is 1.09. The third-order valence-corrected chi connectivity index (χ3v) is 8.96. The Bertz CT molecular complexity index is 1260. The molecule has 0 unspecified atom stereocenters. The standard InChI is InChI=1S/C28H37N3O7S/c1-4-24(28(33)29-21-8-6-7-9-21)30(17-20-10-13-23(36-3)14-11-20)27(32)18-31(39(34,35)5-2)22-12-15-25-26(16-22)38-19-37-25/h10-16,21,24H,4-9,17-19H2,1-3H3,(H,29,33)/t24-/m0/s1. The van der Waals surface area contributed by atoms with Crippen molar-refractivity contribution in [2.24, 2.45) is 0 Å². The van der Waals surface area contributed by atoms with Crippen LogP contribution in [0.15, 0.2) is 42.5 Å². The minimum Gasteiger partial charge on any atom is -0.497 e. The lowest BCUT2D eigenvalue weighted by Crippen LogP contribution is -2.53. The van der Waals surface area contributed by atoms with Crippen LogP contribution in [0.4, 0.5) is 5.69 Å². The lowest BCUT2D eigenvalue weighted by Gasteiger charge is -2.33. The summed E-state index contributed by atoms with van der Waals surface area (Å²) in [6, 6.07) is 11.3. The number of hydrogen-bond donors (Lipinski definition) is 1. The first-order valence-corrected chi connectivity index (χ1v) is 15.0. The van der Waals surface area contributed by atoms with E-state index in [0.717, 1.165) is 35.6 Å². The summed E-state index contributed by atoms with van der Waals surface area (Å²) >= 11 is 0. The van der Waals surface area contributed by atoms with Gasteiger partial charge in [0.15, 0.2) is 11.5 Å². The van der Waals surface area contributed by atoms with Gasteiger partial charge in [0.25, 0.3) is 0 Å². The van der Waals surface area contributed by atoms with Crippen LogP contribution in [-0.2, 0) is 26.2 Å². The van der Waals surface area contributed by atoms with Crippen molar-refractivity contribution in [2.45, 2.75) is 64.6 Å². The lowest BCUT2D eigenvalue weighted by atomic mass is 10.1. The van der Waals surface area contributed by atoms with Crippen molar-refractivity contribution < 1.29 is 32.2 Å². The van der Waals surface area contributed by atoms with Gasteiger partial charge in [-0.25, -0.2) is 8.42 Å². The highest BCUT2D eigenvalue weighted by Crippen LogP contribution is 2.36. The molecule has 1 saturated carbocycles. The van der Waals surface area contributed by atoms with Gasteiger partial charge in [-0.3, -0.25) is 13.9 Å². The molecule has 10 nitrogen and oxygen atoms in total. The fraction of sp³-hybridized carbons (Fsp3) is 0.500. The van der Waals surface area contributed by atoms with Gasteiger partial charge in [0.2, 0.25) is 28.6 Å². The van der Waals surface area contributed by atoms with Gasteiger partial charge >= 0.3 is 0 Å². The molecule has 2 amide bonds. The number of nitrogens with one attached hydrogen (secondary N) is 1. The topological polar surface area (TPSA) is 114 Å². The van der Waals surface area contributed by atoms with Crippen molar-refractivity contribution in [2.75, 3.05) is 30.5 Å². The van der Waals surface area contributed by atoms with Gasteiger partial charge in [-0.2, -0.15) is 0 Å². The van der Waals surface area contributed by atoms with E-state index < -0.39 is 28.5 Å². The molecule has 0 aromatic heterocycles. The summed E-state index contributed by atoms with van der Waals surface area (Å²) in [5, 5.41) is 3.11. The molecule has 4 rings (SSSR count). The first-order valence-electron chi connectivity index (χ1n) is 13.4. The minimum atomic E-state index is -3.84. The van der Waals surface area contributed by atoms with Crippen LogP contribution in [0.1, 0.15) is 51.5 Å². The number of rotatable bonds is 12. The van der Waals surface area contributed by atoms with Gasteiger partial charge in [0, 0.05) is 18.7 Å². The normalized spacial score (nSPS) is 15.6. The molecule has 0 radical (unpaired) electrons. The van der Waals surface area contributed by atoms with E-state index in [1.54, 1.807) is 37.4 Å². The van der Waals surface area contributed by atoms with E-state index in [1.165, 1.54) is 11.8 Å². The van der Waals surface area contributed by atoms with Gasteiger partial charge < -0.3 is 24.4 Å². The number of carbonyl (C=O) groups is 2. The summed E-state index contributed by atoms with van der Waals surface area (Å²) in [4.78, 5) is 28.9. The van der Waals surface area contributed by atoms with Crippen molar-refractivity contribution in [3.63, 3.8) is 0 Å². The van der Waals surface area contributed by atoms with Crippen molar-refractivity contribution in [3.8, 4) is 17.2 Å². The smallest absolute Gasteiger partial charge is 0.244 e. The Balaban J connectivity index is 1.64. The molecule has 2 aromatic carbocycles. The average Bonchev–Trinajstić information content (AvgIpc) is 3.63. The maximum Gasteiger partial charge on any atom is 0.244 e. The lowest BCUT2D eigenvalue weighted by molar-refractivity contribution is -0.140. The molecule has 1 aliphatic heterocycles. The molecule has 1 N–H and O–H groups in total. The molecule has 2 aliphatic rings. The van der Waals surface area contributed by atoms with Gasteiger partial charge in [0.1, 0.15) is 18.3 Å². The largest absolute Gasteiger partial charge is 0.497 e. The van der Waals surface area contributed by atoms with Crippen LogP contribution in [-0.4, -0.2) is 63.4 Å².